The smallest absolute Gasteiger partial charge is 0.270 e. The standard InChI is InChI=1S/C15H23N3O2/c19-15(17-8-2-11-20-12-10-17)14-3-1-9-18(14)13-4-6-16-7-5-13/h1,3,9,13,16H,2,4-8,10-12H2. The molecule has 0 atom stereocenters. The Hall–Kier alpha value is -1.33. The molecular formula is C15H23N3O2. The number of ether oxygens (including phenoxy) is 1. The molecule has 20 heavy (non-hydrogen) atoms. The van der Waals surface area contributed by atoms with Crippen molar-refractivity contribution in [3.8, 4) is 0 Å². The Morgan fingerprint density at radius 3 is 2.95 bits per heavy atom. The molecule has 0 saturated carbocycles. The van der Waals surface area contributed by atoms with Crippen LogP contribution in [0.5, 0.6) is 0 Å². The van der Waals surface area contributed by atoms with E-state index in [-0.39, 0.29) is 5.91 Å². The van der Waals surface area contributed by atoms with Crippen LogP contribution in [-0.4, -0.2) is 54.8 Å². The van der Waals surface area contributed by atoms with Crippen molar-refractivity contribution in [2.24, 2.45) is 0 Å². The average Bonchev–Trinajstić information content (AvgIpc) is 2.82. The van der Waals surface area contributed by atoms with Gasteiger partial charge in [0.1, 0.15) is 5.69 Å². The van der Waals surface area contributed by atoms with Gasteiger partial charge in [-0.25, -0.2) is 0 Å². The molecule has 1 aromatic rings. The van der Waals surface area contributed by atoms with Gasteiger partial charge in [-0.3, -0.25) is 4.79 Å². The summed E-state index contributed by atoms with van der Waals surface area (Å²) in [5.41, 5.74) is 0.832. The van der Waals surface area contributed by atoms with Gasteiger partial charge in [-0.1, -0.05) is 0 Å². The second-order valence-electron chi connectivity index (χ2n) is 5.54. The summed E-state index contributed by atoms with van der Waals surface area (Å²) in [5, 5.41) is 3.37. The van der Waals surface area contributed by atoms with Gasteiger partial charge in [0.15, 0.2) is 0 Å². The first-order valence-electron chi connectivity index (χ1n) is 7.61. The second-order valence-corrected chi connectivity index (χ2v) is 5.54. The molecule has 2 aliphatic rings. The highest BCUT2D eigenvalue weighted by atomic mass is 16.5. The number of carbonyl (C=O) groups excluding carboxylic acids is 1. The summed E-state index contributed by atoms with van der Waals surface area (Å²) in [7, 11) is 0. The summed E-state index contributed by atoms with van der Waals surface area (Å²) in [6.45, 7) is 4.99. The van der Waals surface area contributed by atoms with E-state index in [1.165, 1.54) is 0 Å². The third-order valence-corrected chi connectivity index (χ3v) is 4.21. The van der Waals surface area contributed by atoms with E-state index < -0.39 is 0 Å². The van der Waals surface area contributed by atoms with Crippen LogP contribution < -0.4 is 5.32 Å². The number of piperidine rings is 1. The van der Waals surface area contributed by atoms with Crippen molar-refractivity contribution in [1.82, 2.24) is 14.8 Å². The van der Waals surface area contributed by atoms with Gasteiger partial charge < -0.3 is 19.5 Å². The monoisotopic (exact) mass is 277 g/mol. The number of carbonyl (C=O) groups is 1. The third-order valence-electron chi connectivity index (χ3n) is 4.21. The van der Waals surface area contributed by atoms with E-state index >= 15 is 0 Å². The quantitative estimate of drug-likeness (QED) is 0.885. The predicted molar refractivity (Wildman–Crippen MR) is 76.9 cm³/mol. The van der Waals surface area contributed by atoms with Gasteiger partial charge in [-0.15, -0.1) is 0 Å². The first-order chi connectivity index (χ1) is 9.86. The van der Waals surface area contributed by atoms with E-state index in [1.807, 2.05) is 17.0 Å². The molecule has 5 heteroatoms. The minimum absolute atomic E-state index is 0.152. The van der Waals surface area contributed by atoms with Gasteiger partial charge in [0.2, 0.25) is 0 Å². The molecule has 2 saturated heterocycles. The Kier molecular flexibility index (Phi) is 4.38. The van der Waals surface area contributed by atoms with Crippen molar-refractivity contribution >= 4 is 5.91 Å². The van der Waals surface area contributed by atoms with Crippen molar-refractivity contribution < 1.29 is 9.53 Å². The highest BCUT2D eigenvalue weighted by Gasteiger charge is 2.23. The lowest BCUT2D eigenvalue weighted by Crippen LogP contribution is -2.36. The van der Waals surface area contributed by atoms with Gasteiger partial charge in [0.05, 0.1) is 6.61 Å². The van der Waals surface area contributed by atoms with Crippen molar-refractivity contribution in [2.75, 3.05) is 39.4 Å². The lowest BCUT2D eigenvalue weighted by molar-refractivity contribution is 0.0727. The number of nitrogens with one attached hydrogen (secondary N) is 1. The van der Waals surface area contributed by atoms with Crippen molar-refractivity contribution in [3.05, 3.63) is 24.0 Å². The molecule has 3 heterocycles. The van der Waals surface area contributed by atoms with Crippen LogP contribution in [0, 0.1) is 0 Å². The van der Waals surface area contributed by atoms with Crippen molar-refractivity contribution in [2.45, 2.75) is 25.3 Å². The topological polar surface area (TPSA) is 46.5 Å². The molecule has 5 nitrogen and oxygen atoms in total. The number of hydrogen-bond donors (Lipinski definition) is 1. The van der Waals surface area contributed by atoms with Crippen LogP contribution >= 0.6 is 0 Å². The number of rotatable bonds is 2. The van der Waals surface area contributed by atoms with E-state index in [9.17, 15) is 4.79 Å². The zero-order valence-electron chi connectivity index (χ0n) is 11.9. The highest BCUT2D eigenvalue weighted by Crippen LogP contribution is 2.22. The van der Waals surface area contributed by atoms with Crippen molar-refractivity contribution in [3.63, 3.8) is 0 Å². The summed E-state index contributed by atoms with van der Waals surface area (Å²) in [5.74, 6) is 0.152. The van der Waals surface area contributed by atoms with Crippen LogP contribution in [-0.2, 0) is 4.74 Å². The Labute approximate surface area is 119 Å². The summed E-state index contributed by atoms with van der Waals surface area (Å²) >= 11 is 0. The normalized spacial score (nSPS) is 21.7. The largest absolute Gasteiger partial charge is 0.380 e. The Morgan fingerprint density at radius 2 is 2.10 bits per heavy atom. The van der Waals surface area contributed by atoms with Gasteiger partial charge in [0, 0.05) is 31.9 Å². The molecule has 1 aromatic heterocycles. The second kappa shape index (κ2) is 6.41. The highest BCUT2D eigenvalue weighted by molar-refractivity contribution is 5.92. The molecule has 0 spiro atoms. The average molecular weight is 277 g/mol. The van der Waals surface area contributed by atoms with Crippen molar-refractivity contribution in [1.29, 1.82) is 0 Å². The minimum atomic E-state index is 0.152. The molecule has 2 fully saturated rings. The Morgan fingerprint density at radius 1 is 1.25 bits per heavy atom. The number of nitrogens with zero attached hydrogens (tertiary/aromatic N) is 2. The van der Waals surface area contributed by atoms with Gasteiger partial charge in [0.25, 0.3) is 5.91 Å². The molecule has 0 aliphatic carbocycles. The summed E-state index contributed by atoms with van der Waals surface area (Å²) in [6, 6.07) is 4.40. The van der Waals surface area contributed by atoms with Crippen LogP contribution in [0.15, 0.2) is 18.3 Å². The lowest BCUT2D eigenvalue weighted by atomic mass is 10.1. The molecule has 1 N–H and O–H groups in total. The molecular weight excluding hydrogens is 254 g/mol. The molecule has 1 amide bonds. The van der Waals surface area contributed by atoms with E-state index in [0.717, 1.165) is 51.2 Å². The molecule has 110 valence electrons. The van der Waals surface area contributed by atoms with E-state index in [0.29, 0.717) is 19.2 Å². The first kappa shape index (κ1) is 13.6. The third kappa shape index (κ3) is 2.88. The molecule has 2 aliphatic heterocycles. The van der Waals surface area contributed by atoms with Crippen LogP contribution in [0.2, 0.25) is 0 Å². The maximum Gasteiger partial charge on any atom is 0.270 e. The fraction of sp³-hybridized carbons (Fsp3) is 0.667. The predicted octanol–water partition coefficient (Wildman–Crippen LogP) is 1.28. The van der Waals surface area contributed by atoms with E-state index in [4.69, 9.17) is 4.74 Å². The first-order valence-corrected chi connectivity index (χ1v) is 7.61. The molecule has 0 unspecified atom stereocenters. The molecule has 0 radical (unpaired) electrons. The van der Waals surface area contributed by atoms with Gasteiger partial charge in [-0.2, -0.15) is 0 Å². The lowest BCUT2D eigenvalue weighted by Gasteiger charge is -2.27. The van der Waals surface area contributed by atoms with Crippen LogP contribution in [0.1, 0.15) is 35.8 Å². The maximum atomic E-state index is 12.7. The SMILES string of the molecule is O=C(c1cccn1C1CCNCC1)N1CCCOCC1. The van der Waals surface area contributed by atoms with Gasteiger partial charge >= 0.3 is 0 Å². The summed E-state index contributed by atoms with van der Waals surface area (Å²) in [6.07, 6.45) is 5.17. The zero-order chi connectivity index (χ0) is 13.8. The number of hydrogen-bond acceptors (Lipinski definition) is 3. The van der Waals surface area contributed by atoms with Crippen LogP contribution in [0.3, 0.4) is 0 Å². The van der Waals surface area contributed by atoms with Gasteiger partial charge in [-0.05, 0) is 44.5 Å². The fourth-order valence-electron chi connectivity index (χ4n) is 3.09. The molecule has 0 bridgehead atoms. The van der Waals surface area contributed by atoms with Crippen LogP contribution in [0.25, 0.3) is 0 Å². The van der Waals surface area contributed by atoms with E-state index in [1.54, 1.807) is 0 Å². The zero-order valence-corrected chi connectivity index (χ0v) is 11.9. The Balaban J connectivity index is 1.75. The number of aromatic nitrogens is 1. The fourth-order valence-corrected chi connectivity index (χ4v) is 3.09. The molecule has 0 aromatic carbocycles. The van der Waals surface area contributed by atoms with E-state index in [2.05, 4.69) is 16.1 Å². The minimum Gasteiger partial charge on any atom is -0.380 e. The summed E-state index contributed by atoms with van der Waals surface area (Å²) in [4.78, 5) is 14.6. The molecule has 3 rings (SSSR count). The maximum absolute atomic E-state index is 12.7. The van der Waals surface area contributed by atoms with Crippen LogP contribution in [0.4, 0.5) is 0 Å². The number of amides is 1. The summed E-state index contributed by atoms with van der Waals surface area (Å²) < 4.78 is 7.61. The Bertz CT molecular complexity index is 444.